The number of hydrogen-bond donors (Lipinski definition) is 1. The molecule has 0 aliphatic heterocycles. The minimum Gasteiger partial charge on any atom is -0.457 e. The van der Waals surface area contributed by atoms with Crippen molar-refractivity contribution in [2.24, 2.45) is 0 Å². The molecule has 0 aliphatic carbocycles. The molecule has 0 saturated heterocycles. The maximum absolute atomic E-state index is 11.7. The van der Waals surface area contributed by atoms with Crippen LogP contribution in [-0.4, -0.2) is 19.9 Å². The van der Waals surface area contributed by atoms with Gasteiger partial charge in [0.25, 0.3) is 0 Å². The molecular weight excluding hydrogens is 457 g/mol. The van der Waals surface area contributed by atoms with Gasteiger partial charge in [0.15, 0.2) is 0 Å². The monoisotopic (exact) mass is 483 g/mol. The van der Waals surface area contributed by atoms with E-state index in [1.54, 1.807) is 53.5 Å². The number of aliphatic hydroxyl groups is 1. The van der Waals surface area contributed by atoms with Gasteiger partial charge in [0.1, 0.15) is 29.8 Å². The van der Waals surface area contributed by atoms with Gasteiger partial charge in [-0.05, 0) is 54.8 Å². The average Bonchev–Trinajstić information content (AvgIpc) is 3.34. The van der Waals surface area contributed by atoms with Crippen molar-refractivity contribution in [3.8, 4) is 11.5 Å². The fourth-order valence-corrected chi connectivity index (χ4v) is 3.92. The van der Waals surface area contributed by atoms with Crippen LogP contribution >= 0.6 is 23.2 Å². The van der Waals surface area contributed by atoms with E-state index in [2.05, 4.69) is 10.1 Å². The van der Waals surface area contributed by atoms with Crippen molar-refractivity contribution in [2.75, 3.05) is 0 Å². The summed E-state index contributed by atoms with van der Waals surface area (Å²) in [6.45, 7) is 4.23. The Balaban J connectivity index is 0.00000149. The number of rotatable bonds is 8. The summed E-state index contributed by atoms with van der Waals surface area (Å²) in [6, 6.07) is 22.4. The van der Waals surface area contributed by atoms with E-state index in [1.165, 1.54) is 6.33 Å². The number of nitrogens with zero attached hydrogens (tertiary/aromatic N) is 3. The molecule has 3 aromatic carbocycles. The second kappa shape index (κ2) is 11.8. The lowest BCUT2D eigenvalue weighted by Crippen LogP contribution is -2.33. The minimum absolute atomic E-state index is 0.233. The van der Waals surface area contributed by atoms with Crippen molar-refractivity contribution in [2.45, 2.75) is 38.8 Å². The second-order valence-electron chi connectivity index (χ2n) is 7.31. The Morgan fingerprint density at radius 3 is 2.27 bits per heavy atom. The SMILES string of the molecule is CC.OC(CCc1ccccc1)(Cn1cncn1)c1ccc(Oc2ccc(Cl)cc2)cc1Cl. The molecule has 7 heteroatoms. The van der Waals surface area contributed by atoms with Gasteiger partial charge < -0.3 is 9.84 Å². The van der Waals surface area contributed by atoms with Crippen molar-refractivity contribution in [3.63, 3.8) is 0 Å². The summed E-state index contributed by atoms with van der Waals surface area (Å²) in [5.41, 5.74) is 0.516. The molecule has 0 saturated carbocycles. The van der Waals surface area contributed by atoms with Gasteiger partial charge in [-0.2, -0.15) is 5.10 Å². The van der Waals surface area contributed by atoms with Crippen LogP contribution in [0.5, 0.6) is 11.5 Å². The van der Waals surface area contributed by atoms with E-state index >= 15 is 0 Å². The van der Waals surface area contributed by atoms with Gasteiger partial charge in [-0.1, -0.05) is 73.4 Å². The van der Waals surface area contributed by atoms with Crippen LogP contribution in [-0.2, 0) is 18.6 Å². The Morgan fingerprint density at radius 1 is 0.939 bits per heavy atom. The summed E-state index contributed by atoms with van der Waals surface area (Å²) < 4.78 is 7.48. The van der Waals surface area contributed by atoms with Gasteiger partial charge in [-0.25, -0.2) is 9.67 Å². The summed E-state index contributed by atoms with van der Waals surface area (Å²) in [7, 11) is 0. The predicted octanol–water partition coefficient (Wildman–Crippen LogP) is 6.92. The predicted molar refractivity (Wildman–Crippen MR) is 133 cm³/mol. The van der Waals surface area contributed by atoms with E-state index in [1.807, 2.05) is 44.2 Å². The van der Waals surface area contributed by atoms with Crippen molar-refractivity contribution in [1.82, 2.24) is 14.8 Å². The van der Waals surface area contributed by atoms with E-state index < -0.39 is 5.60 Å². The summed E-state index contributed by atoms with van der Waals surface area (Å²) >= 11 is 12.5. The van der Waals surface area contributed by atoms with Gasteiger partial charge in [-0.15, -0.1) is 0 Å². The summed E-state index contributed by atoms with van der Waals surface area (Å²) in [5, 5.41) is 16.9. The lowest BCUT2D eigenvalue weighted by Gasteiger charge is -2.30. The van der Waals surface area contributed by atoms with Crippen LogP contribution in [0.1, 0.15) is 31.4 Å². The average molecular weight is 484 g/mol. The Labute approximate surface area is 204 Å². The Bertz CT molecular complexity index is 1120. The molecule has 1 unspecified atom stereocenters. The van der Waals surface area contributed by atoms with Crippen LogP contribution in [0.4, 0.5) is 0 Å². The molecule has 1 N–H and O–H groups in total. The standard InChI is InChI=1S/C24H21Cl2N3O2.C2H6/c25-19-6-8-20(9-7-19)31-21-10-11-22(23(26)14-21)24(30,15-29-17-27-16-28-29)13-12-18-4-2-1-3-5-18;1-2/h1-11,14,16-17,30H,12-13,15H2;1-2H3. The molecule has 0 radical (unpaired) electrons. The third-order valence-corrected chi connectivity index (χ3v) is 5.62. The second-order valence-corrected chi connectivity index (χ2v) is 8.15. The first-order valence-corrected chi connectivity index (χ1v) is 11.6. The van der Waals surface area contributed by atoms with Crippen LogP contribution in [0.2, 0.25) is 10.0 Å². The van der Waals surface area contributed by atoms with Crippen molar-refractivity contribution < 1.29 is 9.84 Å². The van der Waals surface area contributed by atoms with Gasteiger partial charge in [0.05, 0.1) is 11.6 Å². The molecular formula is C26H27Cl2N3O2. The molecule has 0 bridgehead atoms. The van der Waals surface area contributed by atoms with E-state index in [-0.39, 0.29) is 6.54 Å². The number of aromatic nitrogens is 3. The third-order valence-electron chi connectivity index (χ3n) is 5.05. The molecule has 172 valence electrons. The van der Waals surface area contributed by atoms with E-state index in [4.69, 9.17) is 27.9 Å². The first kappa shape index (κ1) is 24.8. The third kappa shape index (κ3) is 6.81. The van der Waals surface area contributed by atoms with Gasteiger partial charge >= 0.3 is 0 Å². The molecule has 4 rings (SSSR count). The fraction of sp³-hybridized carbons (Fsp3) is 0.231. The number of hydrogen-bond acceptors (Lipinski definition) is 4. The summed E-state index contributed by atoms with van der Waals surface area (Å²) in [5.74, 6) is 1.22. The highest BCUT2D eigenvalue weighted by molar-refractivity contribution is 6.31. The molecule has 0 amide bonds. The minimum atomic E-state index is -1.24. The maximum Gasteiger partial charge on any atom is 0.137 e. The first-order valence-electron chi connectivity index (χ1n) is 10.8. The topological polar surface area (TPSA) is 60.2 Å². The highest BCUT2D eigenvalue weighted by atomic mass is 35.5. The van der Waals surface area contributed by atoms with E-state index in [9.17, 15) is 5.11 Å². The van der Waals surface area contributed by atoms with Crippen LogP contribution in [0.3, 0.4) is 0 Å². The largest absolute Gasteiger partial charge is 0.457 e. The summed E-state index contributed by atoms with van der Waals surface area (Å²) in [4.78, 5) is 3.99. The quantitative estimate of drug-likeness (QED) is 0.295. The molecule has 5 nitrogen and oxygen atoms in total. The van der Waals surface area contributed by atoms with Crippen LogP contribution in [0, 0.1) is 0 Å². The number of benzene rings is 3. The zero-order valence-corrected chi connectivity index (χ0v) is 20.2. The molecule has 1 atom stereocenters. The molecule has 0 aliphatic rings. The highest BCUT2D eigenvalue weighted by Gasteiger charge is 2.32. The van der Waals surface area contributed by atoms with Crippen molar-refractivity contribution >= 4 is 23.2 Å². The zero-order valence-electron chi connectivity index (χ0n) is 18.7. The molecule has 1 heterocycles. The zero-order chi connectivity index (χ0) is 23.7. The van der Waals surface area contributed by atoms with Gasteiger partial charge in [-0.3, -0.25) is 0 Å². The molecule has 0 fully saturated rings. The Hall–Kier alpha value is -2.86. The number of aryl methyl sites for hydroxylation is 1. The van der Waals surface area contributed by atoms with Crippen LogP contribution < -0.4 is 4.74 Å². The lowest BCUT2D eigenvalue weighted by atomic mass is 9.87. The lowest BCUT2D eigenvalue weighted by molar-refractivity contribution is 0.00655. The van der Waals surface area contributed by atoms with E-state index in [0.717, 1.165) is 5.56 Å². The van der Waals surface area contributed by atoms with Crippen molar-refractivity contribution in [3.05, 3.63) is 107 Å². The molecule has 1 aromatic heterocycles. The maximum atomic E-state index is 11.7. The van der Waals surface area contributed by atoms with E-state index in [0.29, 0.717) is 39.9 Å². The van der Waals surface area contributed by atoms with Gasteiger partial charge in [0.2, 0.25) is 0 Å². The molecule has 33 heavy (non-hydrogen) atoms. The molecule has 0 spiro atoms. The van der Waals surface area contributed by atoms with Crippen molar-refractivity contribution in [1.29, 1.82) is 0 Å². The Kier molecular flexibility index (Phi) is 8.89. The van der Waals surface area contributed by atoms with Crippen LogP contribution in [0.25, 0.3) is 0 Å². The fourth-order valence-electron chi connectivity index (χ4n) is 3.45. The number of halogens is 2. The normalized spacial score (nSPS) is 12.4. The van der Waals surface area contributed by atoms with Crippen LogP contribution in [0.15, 0.2) is 85.5 Å². The smallest absolute Gasteiger partial charge is 0.137 e. The van der Waals surface area contributed by atoms with Gasteiger partial charge in [0, 0.05) is 10.6 Å². The molecule has 4 aromatic rings. The Morgan fingerprint density at radius 2 is 1.64 bits per heavy atom. The summed E-state index contributed by atoms with van der Waals surface area (Å²) in [6.07, 6.45) is 4.18. The first-order chi connectivity index (χ1) is 16.0. The number of ether oxygens (including phenoxy) is 1. The highest BCUT2D eigenvalue weighted by Crippen LogP contribution is 2.37.